The average Bonchev–Trinajstić information content (AvgIpc) is 3.19. The van der Waals surface area contributed by atoms with E-state index in [0.29, 0.717) is 38.1 Å². The van der Waals surface area contributed by atoms with Gasteiger partial charge in [0, 0.05) is 25.9 Å². The van der Waals surface area contributed by atoms with Crippen LogP contribution in [0.3, 0.4) is 0 Å². The largest absolute Gasteiger partial charge is 0.490 e. The van der Waals surface area contributed by atoms with Crippen molar-refractivity contribution in [2.75, 3.05) is 19.8 Å². The van der Waals surface area contributed by atoms with Gasteiger partial charge in [-0.3, -0.25) is 4.68 Å². The number of nitrogens with one attached hydrogen (secondary N) is 2. The van der Waals surface area contributed by atoms with Crippen molar-refractivity contribution in [2.24, 2.45) is 12.0 Å². The molecule has 0 saturated carbocycles. The molecule has 0 aliphatic rings. The number of nitrogens with zero attached hydrogens (tertiary/aromatic N) is 5. The molecule has 0 aliphatic carbocycles. The molecule has 9 nitrogen and oxygen atoms in total. The first-order valence-corrected chi connectivity index (χ1v) is 9.85. The van der Waals surface area contributed by atoms with Gasteiger partial charge < -0.3 is 20.1 Å². The lowest BCUT2D eigenvalue weighted by Gasteiger charge is -2.11. The molecular weight excluding hydrogens is 382 g/mol. The molecule has 0 unspecified atom stereocenters. The zero-order valence-electron chi connectivity index (χ0n) is 17.3. The van der Waals surface area contributed by atoms with E-state index < -0.39 is 0 Å². The van der Waals surface area contributed by atoms with Gasteiger partial charge in [0.25, 0.3) is 0 Å². The van der Waals surface area contributed by atoms with Gasteiger partial charge in [-0.25, -0.2) is 15.0 Å². The Labute approximate surface area is 176 Å². The van der Waals surface area contributed by atoms with Crippen LogP contribution in [0.5, 0.6) is 11.6 Å². The summed E-state index contributed by atoms with van der Waals surface area (Å²) in [5, 5.41) is 10.5. The molecule has 3 aromatic rings. The molecular formula is C21H27N7O2. The Morgan fingerprint density at radius 3 is 2.57 bits per heavy atom. The van der Waals surface area contributed by atoms with E-state index in [9.17, 15) is 0 Å². The highest BCUT2D eigenvalue weighted by Gasteiger charge is 2.03. The van der Waals surface area contributed by atoms with Gasteiger partial charge >= 0.3 is 0 Å². The van der Waals surface area contributed by atoms with Crippen LogP contribution >= 0.6 is 0 Å². The van der Waals surface area contributed by atoms with Gasteiger partial charge in [-0.05, 0) is 24.6 Å². The molecule has 9 heteroatoms. The highest BCUT2D eigenvalue weighted by atomic mass is 16.5. The molecule has 2 N–H and O–H groups in total. The minimum atomic E-state index is 0.427. The molecule has 2 aromatic heterocycles. The van der Waals surface area contributed by atoms with Crippen LogP contribution in [0.4, 0.5) is 0 Å². The van der Waals surface area contributed by atoms with Crippen LogP contribution in [-0.2, 0) is 20.1 Å². The first-order valence-electron chi connectivity index (χ1n) is 9.85. The summed E-state index contributed by atoms with van der Waals surface area (Å²) in [6.45, 7) is 4.71. The summed E-state index contributed by atoms with van der Waals surface area (Å²) in [7, 11) is 1.86. The number of para-hydroxylation sites is 1. The van der Waals surface area contributed by atoms with E-state index in [4.69, 9.17) is 9.47 Å². The van der Waals surface area contributed by atoms with Gasteiger partial charge in [-0.15, -0.1) is 0 Å². The van der Waals surface area contributed by atoms with Crippen LogP contribution < -0.4 is 20.1 Å². The van der Waals surface area contributed by atoms with Gasteiger partial charge in [0.15, 0.2) is 5.96 Å². The van der Waals surface area contributed by atoms with Gasteiger partial charge in [0.1, 0.15) is 31.1 Å². The van der Waals surface area contributed by atoms with Crippen LogP contribution in [0.2, 0.25) is 0 Å². The highest BCUT2D eigenvalue weighted by Crippen LogP contribution is 2.10. The molecule has 0 atom stereocenters. The first-order chi connectivity index (χ1) is 14.7. The van der Waals surface area contributed by atoms with E-state index >= 15 is 0 Å². The molecule has 0 amide bonds. The second-order valence-electron chi connectivity index (χ2n) is 6.36. The Kier molecular flexibility index (Phi) is 8.02. The van der Waals surface area contributed by atoms with Crippen LogP contribution in [0.15, 0.2) is 60.0 Å². The molecule has 3 rings (SSSR count). The van der Waals surface area contributed by atoms with Gasteiger partial charge in [-0.1, -0.05) is 24.3 Å². The summed E-state index contributed by atoms with van der Waals surface area (Å²) < 4.78 is 13.0. The van der Waals surface area contributed by atoms with E-state index in [2.05, 4.69) is 30.7 Å². The van der Waals surface area contributed by atoms with Crippen LogP contribution in [0.1, 0.15) is 18.3 Å². The Balaban J connectivity index is 1.44. The number of hydrogen-bond donors (Lipinski definition) is 2. The number of benzene rings is 1. The van der Waals surface area contributed by atoms with Crippen molar-refractivity contribution >= 4 is 5.96 Å². The Hall–Kier alpha value is -3.62. The number of hydrogen-bond acceptors (Lipinski definition) is 6. The molecule has 2 heterocycles. The van der Waals surface area contributed by atoms with E-state index in [1.807, 2.05) is 56.4 Å². The second-order valence-corrected chi connectivity index (χ2v) is 6.36. The molecule has 0 bridgehead atoms. The third-order valence-electron chi connectivity index (χ3n) is 4.13. The van der Waals surface area contributed by atoms with Crippen LogP contribution in [-0.4, -0.2) is 45.5 Å². The zero-order chi connectivity index (χ0) is 21.0. The standard InChI is InChI=1S/C21H27N7O2/c1-3-22-21(25-15-19-26-16-27-28(19)2)24-14-17-9-10-20(23-13-17)30-12-11-29-18-7-5-4-6-8-18/h4-10,13,16H,3,11-12,14-15H2,1-2H3,(H2,22,24,25). The number of guanidine groups is 1. The fraction of sp³-hybridized carbons (Fsp3) is 0.333. The third kappa shape index (κ3) is 6.77. The van der Waals surface area contributed by atoms with Crippen molar-refractivity contribution in [3.8, 4) is 11.6 Å². The number of ether oxygens (including phenoxy) is 2. The summed E-state index contributed by atoms with van der Waals surface area (Å²) >= 11 is 0. The van der Waals surface area contributed by atoms with Gasteiger partial charge in [0.05, 0.1) is 13.1 Å². The van der Waals surface area contributed by atoms with Gasteiger partial charge in [0.2, 0.25) is 5.88 Å². The fourth-order valence-electron chi connectivity index (χ4n) is 2.57. The quantitative estimate of drug-likeness (QED) is 0.300. The van der Waals surface area contributed by atoms with Crippen LogP contribution in [0.25, 0.3) is 0 Å². The lowest BCUT2D eigenvalue weighted by molar-refractivity contribution is 0.212. The molecule has 0 fully saturated rings. The molecule has 0 spiro atoms. The number of rotatable bonds is 10. The zero-order valence-corrected chi connectivity index (χ0v) is 17.3. The van der Waals surface area contributed by atoms with E-state index in [-0.39, 0.29) is 0 Å². The lowest BCUT2D eigenvalue weighted by Crippen LogP contribution is -2.37. The molecule has 0 radical (unpaired) electrons. The number of aliphatic imine (C=N–C) groups is 1. The predicted octanol–water partition coefficient (Wildman–Crippen LogP) is 1.92. The molecule has 0 aliphatic heterocycles. The van der Waals surface area contributed by atoms with Crippen molar-refractivity contribution in [1.82, 2.24) is 30.4 Å². The Morgan fingerprint density at radius 2 is 1.87 bits per heavy atom. The summed E-state index contributed by atoms with van der Waals surface area (Å²) in [6, 6.07) is 13.4. The predicted molar refractivity (Wildman–Crippen MR) is 114 cm³/mol. The van der Waals surface area contributed by atoms with E-state index in [0.717, 1.165) is 23.7 Å². The van der Waals surface area contributed by atoms with Gasteiger partial charge in [-0.2, -0.15) is 5.10 Å². The smallest absolute Gasteiger partial charge is 0.213 e. The molecule has 1 aromatic carbocycles. The van der Waals surface area contributed by atoms with Crippen molar-refractivity contribution in [2.45, 2.75) is 20.0 Å². The normalized spacial score (nSPS) is 11.2. The second kappa shape index (κ2) is 11.4. The Morgan fingerprint density at radius 1 is 1.03 bits per heavy atom. The number of aromatic nitrogens is 4. The minimum absolute atomic E-state index is 0.427. The summed E-state index contributed by atoms with van der Waals surface area (Å²) in [6.07, 6.45) is 3.30. The van der Waals surface area contributed by atoms with Crippen molar-refractivity contribution < 1.29 is 9.47 Å². The maximum atomic E-state index is 5.63. The number of pyridine rings is 1. The fourth-order valence-corrected chi connectivity index (χ4v) is 2.57. The maximum Gasteiger partial charge on any atom is 0.213 e. The van der Waals surface area contributed by atoms with Crippen molar-refractivity contribution in [3.05, 3.63) is 66.4 Å². The molecule has 30 heavy (non-hydrogen) atoms. The average molecular weight is 409 g/mol. The highest BCUT2D eigenvalue weighted by molar-refractivity contribution is 5.79. The summed E-state index contributed by atoms with van der Waals surface area (Å²) in [4.78, 5) is 13.1. The Bertz CT molecular complexity index is 911. The van der Waals surface area contributed by atoms with E-state index in [1.54, 1.807) is 10.9 Å². The topological polar surface area (TPSA) is 98.5 Å². The first kappa shape index (κ1) is 21.1. The lowest BCUT2D eigenvalue weighted by atomic mass is 10.3. The molecule has 0 saturated heterocycles. The minimum Gasteiger partial charge on any atom is -0.490 e. The van der Waals surface area contributed by atoms with E-state index in [1.165, 1.54) is 6.33 Å². The van der Waals surface area contributed by atoms with Crippen molar-refractivity contribution in [3.63, 3.8) is 0 Å². The number of aryl methyl sites for hydroxylation is 1. The maximum absolute atomic E-state index is 5.63. The SMILES string of the molecule is CCNC(=NCc1ccc(OCCOc2ccccc2)nc1)NCc1ncnn1C. The third-order valence-corrected chi connectivity index (χ3v) is 4.13. The monoisotopic (exact) mass is 409 g/mol. The molecule has 158 valence electrons. The van der Waals surface area contributed by atoms with Crippen LogP contribution in [0, 0.1) is 0 Å². The van der Waals surface area contributed by atoms with Crippen molar-refractivity contribution in [1.29, 1.82) is 0 Å². The summed E-state index contributed by atoms with van der Waals surface area (Å²) in [5.74, 6) is 2.93. The summed E-state index contributed by atoms with van der Waals surface area (Å²) in [5.41, 5.74) is 0.985.